The van der Waals surface area contributed by atoms with E-state index in [1.165, 1.54) is 0 Å². The number of ether oxygens (including phenoxy) is 1. The van der Waals surface area contributed by atoms with Gasteiger partial charge in [-0.2, -0.15) is 0 Å². The smallest absolute Gasteiger partial charge is 0.144 e. The second-order valence-electron chi connectivity index (χ2n) is 5.08. The third kappa shape index (κ3) is 3.42. The maximum atomic E-state index is 6.16. The van der Waals surface area contributed by atoms with Crippen molar-refractivity contribution in [1.29, 1.82) is 0 Å². The summed E-state index contributed by atoms with van der Waals surface area (Å²) in [5.74, 6) is 0.715. The van der Waals surface area contributed by atoms with E-state index in [1.54, 1.807) is 11.3 Å². The summed E-state index contributed by atoms with van der Waals surface area (Å²) in [5, 5.41) is 6.50. The van der Waals surface area contributed by atoms with E-state index in [2.05, 4.69) is 22.6 Å². The van der Waals surface area contributed by atoms with Crippen molar-refractivity contribution >= 4 is 22.7 Å². The first-order valence-corrected chi connectivity index (χ1v) is 7.59. The fourth-order valence-electron chi connectivity index (χ4n) is 1.89. The maximum absolute atomic E-state index is 6.16. The van der Waals surface area contributed by atoms with E-state index in [0.29, 0.717) is 11.4 Å². The van der Waals surface area contributed by atoms with Gasteiger partial charge in [0.05, 0.1) is 23.5 Å². The molecular formula is C15H21N3OS. The molecule has 0 aliphatic rings. The number of para-hydroxylation sites is 1. The van der Waals surface area contributed by atoms with Crippen molar-refractivity contribution < 1.29 is 4.74 Å². The van der Waals surface area contributed by atoms with Gasteiger partial charge in [-0.1, -0.05) is 6.07 Å². The molecule has 1 aromatic heterocycles. The Kier molecular flexibility index (Phi) is 4.49. The SMILES string of the molecule is Cc1csc(C(C)Nc2cccc(OC(C)C)c2N)n1. The number of thiazole rings is 1. The molecule has 3 N–H and O–H groups in total. The average Bonchev–Trinajstić information content (AvgIpc) is 2.80. The van der Waals surface area contributed by atoms with Gasteiger partial charge in [-0.25, -0.2) is 4.98 Å². The van der Waals surface area contributed by atoms with Crippen LogP contribution in [0.15, 0.2) is 23.6 Å². The van der Waals surface area contributed by atoms with Crippen molar-refractivity contribution in [3.63, 3.8) is 0 Å². The minimum absolute atomic E-state index is 0.103. The number of hydrogen-bond donors (Lipinski definition) is 2. The summed E-state index contributed by atoms with van der Waals surface area (Å²) in [4.78, 5) is 4.49. The highest BCUT2D eigenvalue weighted by Gasteiger charge is 2.13. The van der Waals surface area contributed by atoms with Crippen LogP contribution >= 0.6 is 11.3 Å². The Morgan fingerprint density at radius 1 is 1.30 bits per heavy atom. The summed E-state index contributed by atoms with van der Waals surface area (Å²) in [6.45, 7) is 8.05. The van der Waals surface area contributed by atoms with Crippen molar-refractivity contribution in [1.82, 2.24) is 4.98 Å². The van der Waals surface area contributed by atoms with E-state index in [0.717, 1.165) is 16.4 Å². The Morgan fingerprint density at radius 3 is 2.65 bits per heavy atom. The summed E-state index contributed by atoms with van der Waals surface area (Å²) in [7, 11) is 0. The van der Waals surface area contributed by atoms with Gasteiger partial charge in [0.2, 0.25) is 0 Å². The Bertz CT molecular complexity index is 580. The van der Waals surface area contributed by atoms with Crippen molar-refractivity contribution in [2.24, 2.45) is 0 Å². The Hall–Kier alpha value is -1.75. The van der Waals surface area contributed by atoms with Gasteiger partial charge < -0.3 is 15.8 Å². The number of nitrogens with one attached hydrogen (secondary N) is 1. The minimum Gasteiger partial charge on any atom is -0.489 e. The van der Waals surface area contributed by atoms with Crippen molar-refractivity contribution in [2.45, 2.75) is 39.8 Å². The molecule has 4 nitrogen and oxygen atoms in total. The van der Waals surface area contributed by atoms with Gasteiger partial charge in [0.1, 0.15) is 10.8 Å². The lowest BCUT2D eigenvalue weighted by Gasteiger charge is -2.18. The summed E-state index contributed by atoms with van der Waals surface area (Å²) in [5.41, 5.74) is 8.72. The molecule has 0 aliphatic heterocycles. The molecule has 1 atom stereocenters. The molecule has 1 aromatic carbocycles. The van der Waals surface area contributed by atoms with E-state index in [9.17, 15) is 0 Å². The average molecular weight is 291 g/mol. The molecule has 20 heavy (non-hydrogen) atoms. The van der Waals surface area contributed by atoms with Crippen molar-refractivity contribution in [3.05, 3.63) is 34.3 Å². The zero-order valence-electron chi connectivity index (χ0n) is 12.3. The highest BCUT2D eigenvalue weighted by molar-refractivity contribution is 7.09. The molecule has 2 rings (SSSR count). The quantitative estimate of drug-likeness (QED) is 0.818. The molecule has 0 aliphatic carbocycles. The maximum Gasteiger partial charge on any atom is 0.144 e. The minimum atomic E-state index is 0.103. The van der Waals surface area contributed by atoms with Crippen molar-refractivity contribution in [2.75, 3.05) is 11.1 Å². The molecule has 1 unspecified atom stereocenters. The second kappa shape index (κ2) is 6.13. The van der Waals surface area contributed by atoms with Gasteiger partial charge in [0.15, 0.2) is 0 Å². The Balaban J connectivity index is 2.17. The molecule has 0 fully saturated rings. The van der Waals surface area contributed by atoms with Crippen LogP contribution in [0.25, 0.3) is 0 Å². The van der Waals surface area contributed by atoms with Crippen LogP contribution in [0.4, 0.5) is 11.4 Å². The number of nitrogens with two attached hydrogens (primary N) is 1. The number of hydrogen-bond acceptors (Lipinski definition) is 5. The van der Waals surface area contributed by atoms with Gasteiger partial charge in [-0.05, 0) is 39.8 Å². The van der Waals surface area contributed by atoms with Gasteiger partial charge in [-0.15, -0.1) is 11.3 Å². The number of rotatable bonds is 5. The predicted octanol–water partition coefficient (Wildman–Crippen LogP) is 3.99. The van der Waals surface area contributed by atoms with Crippen LogP contribution in [0.5, 0.6) is 5.75 Å². The zero-order valence-corrected chi connectivity index (χ0v) is 13.1. The van der Waals surface area contributed by atoms with E-state index in [4.69, 9.17) is 10.5 Å². The molecule has 108 valence electrons. The molecular weight excluding hydrogens is 270 g/mol. The van der Waals surface area contributed by atoms with Crippen LogP contribution in [-0.4, -0.2) is 11.1 Å². The summed E-state index contributed by atoms with van der Waals surface area (Å²) in [6, 6.07) is 5.90. The van der Waals surface area contributed by atoms with Crippen LogP contribution in [-0.2, 0) is 0 Å². The fraction of sp³-hybridized carbons (Fsp3) is 0.400. The molecule has 0 bridgehead atoms. The van der Waals surface area contributed by atoms with Crippen LogP contribution in [0.1, 0.15) is 37.5 Å². The first-order chi connectivity index (χ1) is 9.47. The van der Waals surface area contributed by atoms with Crippen molar-refractivity contribution in [3.8, 4) is 5.75 Å². The largest absolute Gasteiger partial charge is 0.489 e. The first-order valence-electron chi connectivity index (χ1n) is 6.71. The Labute approximate surface area is 124 Å². The van der Waals surface area contributed by atoms with Crippen LogP contribution in [0, 0.1) is 6.92 Å². The summed E-state index contributed by atoms with van der Waals surface area (Å²) >= 11 is 1.65. The number of anilines is 2. The molecule has 5 heteroatoms. The molecule has 0 saturated heterocycles. The standard InChI is InChI=1S/C15H21N3OS/c1-9(2)19-13-7-5-6-12(14(13)16)18-11(4)15-17-10(3)8-20-15/h5-9,11,18H,16H2,1-4H3. The second-order valence-corrected chi connectivity index (χ2v) is 5.97. The number of nitrogen functional groups attached to an aromatic ring is 1. The molecule has 2 aromatic rings. The molecule has 0 spiro atoms. The molecule has 0 radical (unpaired) electrons. The normalized spacial score (nSPS) is 12.4. The van der Waals surface area contributed by atoms with E-state index in [1.807, 2.05) is 39.0 Å². The number of benzene rings is 1. The third-order valence-electron chi connectivity index (χ3n) is 2.81. The van der Waals surface area contributed by atoms with Gasteiger partial charge in [0.25, 0.3) is 0 Å². The van der Waals surface area contributed by atoms with Crippen LogP contribution in [0.2, 0.25) is 0 Å². The zero-order chi connectivity index (χ0) is 14.7. The van der Waals surface area contributed by atoms with Crippen LogP contribution < -0.4 is 15.8 Å². The van der Waals surface area contributed by atoms with Gasteiger partial charge >= 0.3 is 0 Å². The highest BCUT2D eigenvalue weighted by atomic mass is 32.1. The van der Waals surface area contributed by atoms with Gasteiger partial charge in [0, 0.05) is 11.1 Å². The number of aromatic nitrogens is 1. The van der Waals surface area contributed by atoms with E-state index < -0.39 is 0 Å². The lowest BCUT2D eigenvalue weighted by atomic mass is 10.2. The monoisotopic (exact) mass is 291 g/mol. The Morgan fingerprint density at radius 2 is 2.05 bits per heavy atom. The first kappa shape index (κ1) is 14.7. The summed E-state index contributed by atoms with van der Waals surface area (Å²) < 4.78 is 5.70. The van der Waals surface area contributed by atoms with Gasteiger partial charge in [-0.3, -0.25) is 0 Å². The summed E-state index contributed by atoms with van der Waals surface area (Å²) in [6.07, 6.45) is 0.103. The topological polar surface area (TPSA) is 60.2 Å². The predicted molar refractivity (Wildman–Crippen MR) is 85.5 cm³/mol. The number of aryl methyl sites for hydroxylation is 1. The van der Waals surface area contributed by atoms with E-state index >= 15 is 0 Å². The van der Waals surface area contributed by atoms with E-state index in [-0.39, 0.29) is 12.1 Å². The number of nitrogens with zero attached hydrogens (tertiary/aromatic N) is 1. The lowest BCUT2D eigenvalue weighted by molar-refractivity contribution is 0.244. The molecule has 0 saturated carbocycles. The van der Waals surface area contributed by atoms with Crippen LogP contribution in [0.3, 0.4) is 0 Å². The fourth-order valence-corrected chi connectivity index (χ4v) is 2.70. The molecule has 1 heterocycles. The lowest BCUT2D eigenvalue weighted by Crippen LogP contribution is -2.11. The highest BCUT2D eigenvalue weighted by Crippen LogP contribution is 2.32. The molecule has 0 amide bonds. The third-order valence-corrected chi connectivity index (χ3v) is 3.95.